The van der Waals surface area contributed by atoms with E-state index in [4.69, 9.17) is 6.57 Å². The number of imide groups is 1. The highest BCUT2D eigenvalue weighted by Gasteiger charge is 2.25. The van der Waals surface area contributed by atoms with E-state index in [1.165, 1.54) is 0 Å². The van der Waals surface area contributed by atoms with Crippen LogP contribution in [0, 0.1) is 6.57 Å². The molecule has 0 atom stereocenters. The number of carbonyl (C=O) groups is 2. The van der Waals surface area contributed by atoms with Crippen molar-refractivity contribution in [2.24, 2.45) is 0 Å². The summed E-state index contributed by atoms with van der Waals surface area (Å²) in [5.41, 5.74) is 2.61. The van der Waals surface area contributed by atoms with E-state index >= 15 is 0 Å². The lowest BCUT2D eigenvalue weighted by molar-refractivity contribution is -0.115. The quantitative estimate of drug-likeness (QED) is 0.297. The minimum absolute atomic E-state index is 0.140. The van der Waals surface area contributed by atoms with Crippen molar-refractivity contribution in [2.75, 3.05) is 10.6 Å². The molecule has 0 bridgehead atoms. The lowest BCUT2D eigenvalue weighted by atomic mass is 10.2. The molecule has 3 heterocycles. The molecule has 10 nitrogen and oxygen atoms in total. The van der Waals surface area contributed by atoms with Gasteiger partial charge in [0.05, 0.1) is 12.8 Å². The van der Waals surface area contributed by atoms with E-state index in [1.807, 2.05) is 18.2 Å². The largest absolute Gasteiger partial charge is 0.367 e. The van der Waals surface area contributed by atoms with Crippen molar-refractivity contribution in [1.29, 1.82) is 0 Å². The molecule has 1 saturated heterocycles. The van der Waals surface area contributed by atoms with Gasteiger partial charge in [0.15, 0.2) is 11.3 Å². The molecule has 4 N–H and O–H groups in total. The maximum atomic E-state index is 11.9. The highest BCUT2D eigenvalue weighted by molar-refractivity contribution is 6.14. The van der Waals surface area contributed by atoms with Gasteiger partial charge in [-0.1, -0.05) is 12.1 Å². The number of rotatable bonds is 5. The lowest BCUT2D eigenvalue weighted by Crippen LogP contribution is -2.22. The van der Waals surface area contributed by atoms with Crippen LogP contribution in [0.25, 0.3) is 16.6 Å². The van der Waals surface area contributed by atoms with Crippen LogP contribution < -0.4 is 21.3 Å². The van der Waals surface area contributed by atoms with Crippen LogP contribution in [-0.4, -0.2) is 32.6 Å². The fourth-order valence-corrected chi connectivity index (χ4v) is 3.09. The monoisotopic (exact) mass is 400 g/mol. The van der Waals surface area contributed by atoms with Gasteiger partial charge >= 0.3 is 6.03 Å². The van der Waals surface area contributed by atoms with Crippen molar-refractivity contribution in [3.05, 3.63) is 59.2 Å². The zero-order chi connectivity index (χ0) is 20.7. The summed E-state index contributed by atoms with van der Waals surface area (Å²) in [7, 11) is 0. The first kappa shape index (κ1) is 17.7. The van der Waals surface area contributed by atoms with Gasteiger partial charge in [-0.15, -0.1) is 0 Å². The predicted molar refractivity (Wildman–Crippen MR) is 110 cm³/mol. The average Bonchev–Trinajstić information content (AvgIpc) is 3.37. The lowest BCUT2D eigenvalue weighted by Gasteiger charge is -2.11. The molecule has 2 aliphatic rings. The number of hydrogen-bond acceptors (Lipinski definition) is 6. The number of urea groups is 1. The Kier molecular flexibility index (Phi) is 4.07. The maximum absolute atomic E-state index is 11.9. The number of carbonyl (C=O) groups excluding carboxylic acids is 2. The van der Waals surface area contributed by atoms with Gasteiger partial charge in [-0.3, -0.25) is 10.1 Å². The zero-order valence-electron chi connectivity index (χ0n) is 15.6. The number of anilines is 3. The number of benzene rings is 1. The van der Waals surface area contributed by atoms with Gasteiger partial charge in [-0.2, -0.15) is 9.61 Å². The summed E-state index contributed by atoms with van der Waals surface area (Å²) in [5, 5.41) is 15.7. The molecule has 5 rings (SSSR count). The molecular formula is C20H16N8O2. The maximum Gasteiger partial charge on any atom is 0.326 e. The molecule has 3 aromatic rings. The number of amides is 3. The van der Waals surface area contributed by atoms with Gasteiger partial charge in [0.2, 0.25) is 0 Å². The van der Waals surface area contributed by atoms with Crippen molar-refractivity contribution < 1.29 is 9.59 Å². The SMILES string of the molecule is [C-]#[N+]c1ccc(Nc2cc(NC3CC3)n3ncc(/C=C4\NC(=O)NC4=O)c3n2)cc1. The molecule has 0 radical (unpaired) electrons. The van der Waals surface area contributed by atoms with Crippen molar-refractivity contribution in [3.63, 3.8) is 0 Å². The van der Waals surface area contributed by atoms with Crippen molar-refractivity contribution in [3.8, 4) is 0 Å². The first-order valence-electron chi connectivity index (χ1n) is 9.33. The van der Waals surface area contributed by atoms with Crippen LogP contribution in [0.2, 0.25) is 0 Å². The van der Waals surface area contributed by atoms with E-state index in [0.29, 0.717) is 28.8 Å². The van der Waals surface area contributed by atoms with E-state index in [0.717, 1.165) is 24.3 Å². The highest BCUT2D eigenvalue weighted by Crippen LogP contribution is 2.29. The fourth-order valence-electron chi connectivity index (χ4n) is 3.09. The molecule has 2 fully saturated rings. The molecule has 1 aromatic carbocycles. The Hall–Kier alpha value is -4.39. The Morgan fingerprint density at radius 3 is 2.67 bits per heavy atom. The second-order valence-corrected chi connectivity index (χ2v) is 7.03. The minimum atomic E-state index is -0.558. The minimum Gasteiger partial charge on any atom is -0.367 e. The summed E-state index contributed by atoms with van der Waals surface area (Å²) in [6.07, 6.45) is 5.33. The summed E-state index contributed by atoms with van der Waals surface area (Å²) in [4.78, 5) is 31.3. The van der Waals surface area contributed by atoms with Crippen LogP contribution in [0.3, 0.4) is 0 Å². The number of fused-ring (bicyclic) bond motifs is 1. The summed E-state index contributed by atoms with van der Waals surface area (Å²) in [5.74, 6) is 0.860. The summed E-state index contributed by atoms with van der Waals surface area (Å²) in [6, 6.07) is 8.78. The number of nitrogens with zero attached hydrogens (tertiary/aromatic N) is 4. The molecule has 0 spiro atoms. The standard InChI is InChI=1S/C20H16N8O2/c1-21-12-2-4-13(5-3-12)23-16-9-17(24-14-6-7-14)28-18(26-16)11(10-22-28)8-15-19(29)27-20(30)25-15/h2-5,8-10,14,24H,6-7H2,(H,23,26)(H2,25,27,29,30)/b15-8-. The summed E-state index contributed by atoms with van der Waals surface area (Å²) in [6.45, 7) is 7.06. The number of aromatic nitrogens is 3. The molecule has 1 aliphatic carbocycles. The first-order valence-corrected chi connectivity index (χ1v) is 9.33. The molecule has 1 saturated carbocycles. The molecule has 148 valence electrons. The zero-order valence-corrected chi connectivity index (χ0v) is 15.6. The van der Waals surface area contributed by atoms with Gasteiger partial charge in [0.25, 0.3) is 5.91 Å². The normalized spacial score (nSPS) is 17.0. The Balaban J connectivity index is 1.55. The Bertz CT molecular complexity index is 1250. The van der Waals surface area contributed by atoms with E-state index in [2.05, 4.69) is 36.2 Å². The predicted octanol–water partition coefficient (Wildman–Crippen LogP) is 2.78. The molecule has 0 unspecified atom stereocenters. The van der Waals surface area contributed by atoms with Crippen LogP contribution in [0.15, 0.2) is 42.2 Å². The third-order valence-electron chi connectivity index (χ3n) is 4.72. The molecule has 30 heavy (non-hydrogen) atoms. The number of nitrogens with one attached hydrogen (secondary N) is 4. The topological polar surface area (TPSA) is 117 Å². The molecule has 3 amide bonds. The van der Waals surface area contributed by atoms with Crippen molar-refractivity contribution in [2.45, 2.75) is 18.9 Å². The number of hydrogen-bond donors (Lipinski definition) is 4. The fraction of sp³-hybridized carbons (Fsp3) is 0.150. The third kappa shape index (κ3) is 3.40. The second kappa shape index (κ2) is 6.89. The summed E-state index contributed by atoms with van der Waals surface area (Å²) >= 11 is 0. The van der Waals surface area contributed by atoms with Gasteiger partial charge in [-0.05, 0) is 31.1 Å². The van der Waals surface area contributed by atoms with E-state index < -0.39 is 11.9 Å². The van der Waals surface area contributed by atoms with Gasteiger partial charge < -0.3 is 16.0 Å². The van der Waals surface area contributed by atoms with E-state index in [-0.39, 0.29) is 5.70 Å². The van der Waals surface area contributed by atoms with Crippen LogP contribution in [0.1, 0.15) is 18.4 Å². The van der Waals surface area contributed by atoms with E-state index in [1.54, 1.807) is 28.9 Å². The summed E-state index contributed by atoms with van der Waals surface area (Å²) < 4.78 is 1.67. The smallest absolute Gasteiger partial charge is 0.326 e. The third-order valence-corrected chi connectivity index (χ3v) is 4.72. The molecule has 1 aliphatic heterocycles. The average molecular weight is 400 g/mol. The Morgan fingerprint density at radius 2 is 2.00 bits per heavy atom. The van der Waals surface area contributed by atoms with Gasteiger partial charge in [0, 0.05) is 23.4 Å². The molecule has 10 heteroatoms. The Morgan fingerprint density at radius 1 is 1.20 bits per heavy atom. The van der Waals surface area contributed by atoms with Crippen molar-refractivity contribution in [1.82, 2.24) is 25.2 Å². The molecular weight excluding hydrogens is 384 g/mol. The second-order valence-electron chi connectivity index (χ2n) is 7.03. The van der Waals surface area contributed by atoms with Gasteiger partial charge in [-0.25, -0.2) is 14.6 Å². The first-order chi connectivity index (χ1) is 14.6. The van der Waals surface area contributed by atoms with Crippen molar-refractivity contribution >= 4 is 46.7 Å². The van der Waals surface area contributed by atoms with Crippen LogP contribution in [0.5, 0.6) is 0 Å². The van der Waals surface area contributed by atoms with Crippen LogP contribution in [0.4, 0.5) is 27.8 Å². The molecule has 2 aromatic heterocycles. The van der Waals surface area contributed by atoms with E-state index in [9.17, 15) is 9.59 Å². The van der Waals surface area contributed by atoms with Crippen LogP contribution >= 0.6 is 0 Å². The van der Waals surface area contributed by atoms with Crippen LogP contribution in [-0.2, 0) is 4.79 Å². The van der Waals surface area contributed by atoms with Gasteiger partial charge in [0.1, 0.15) is 17.3 Å². The Labute approximate surface area is 170 Å². The highest BCUT2D eigenvalue weighted by atomic mass is 16.2.